The maximum atomic E-state index is 14.3. The topological polar surface area (TPSA) is 156 Å². The maximum absolute atomic E-state index is 14.3. The number of nitrogens with one attached hydrogen (secondary N) is 1. The molecule has 0 spiro atoms. The minimum Gasteiger partial charge on any atom is -0.493 e. The summed E-state index contributed by atoms with van der Waals surface area (Å²) < 4.78 is 17.8. The van der Waals surface area contributed by atoms with Crippen LogP contribution < -0.4 is 20.4 Å². The van der Waals surface area contributed by atoms with Gasteiger partial charge in [-0.05, 0) is 65.8 Å². The Morgan fingerprint density at radius 2 is 1.93 bits per heavy atom. The van der Waals surface area contributed by atoms with Crippen LogP contribution in [0.5, 0.6) is 11.5 Å². The summed E-state index contributed by atoms with van der Waals surface area (Å²) in [6, 6.07) is 10.3. The summed E-state index contributed by atoms with van der Waals surface area (Å²) in [5, 5.41) is 24.4. The van der Waals surface area contributed by atoms with Crippen molar-refractivity contribution < 1.29 is 38.5 Å². The Bertz CT molecular complexity index is 1650. The molecule has 1 aromatic heterocycles. The predicted octanol–water partition coefficient (Wildman–Crippen LogP) is 3.22. The highest BCUT2D eigenvalue weighted by Gasteiger charge is 2.44. The van der Waals surface area contributed by atoms with E-state index in [2.05, 4.69) is 5.32 Å². The molecule has 1 saturated carbocycles. The van der Waals surface area contributed by atoms with Crippen molar-refractivity contribution in [2.45, 2.75) is 56.4 Å². The van der Waals surface area contributed by atoms with Crippen LogP contribution in [0.1, 0.15) is 52.8 Å². The van der Waals surface area contributed by atoms with E-state index in [-0.39, 0.29) is 48.2 Å². The van der Waals surface area contributed by atoms with Gasteiger partial charge in [-0.3, -0.25) is 14.4 Å². The van der Waals surface area contributed by atoms with Crippen molar-refractivity contribution in [1.29, 1.82) is 0 Å². The molecule has 5 rings (SSSR count). The highest BCUT2D eigenvalue weighted by Crippen LogP contribution is 2.38. The lowest BCUT2D eigenvalue weighted by atomic mass is 9.86. The molecule has 0 radical (unpaired) electrons. The van der Waals surface area contributed by atoms with Gasteiger partial charge < -0.3 is 34.3 Å². The van der Waals surface area contributed by atoms with Crippen LogP contribution in [0.4, 0.5) is 0 Å². The Morgan fingerprint density at radius 3 is 2.64 bits per heavy atom. The zero-order valence-corrected chi connectivity index (χ0v) is 26.2. The number of carbonyl (C=O) groups is 3. The number of carbonyl (C=O) groups excluding carboxylic acids is 3. The molecule has 0 bridgehead atoms. The fourth-order valence-corrected chi connectivity index (χ4v) is 6.68. The molecule has 0 aliphatic heterocycles. The number of ether oxygens (including phenoxy) is 2. The lowest BCUT2D eigenvalue weighted by Crippen LogP contribution is -2.58. The monoisotopic (exact) mass is 716 g/mol. The molecular formula is C32H33IN2O9. The van der Waals surface area contributed by atoms with E-state index in [1.165, 1.54) is 30.2 Å². The first-order valence-electron chi connectivity index (χ1n) is 14.4. The SMILES string of the molecule is COc1cc(C=O)cc(I)c1O[C@H]1C=C(C(=O)NCCO)C[C@@H](N(C(=O)c2cc3ccccc3oc2=O)C2CCCC2)[C@@H]1O. The molecule has 44 heavy (non-hydrogen) atoms. The number of aliphatic hydroxyl groups excluding tert-OH is 2. The number of fused-ring (bicyclic) bond motifs is 1. The molecule has 3 aromatic rings. The average molecular weight is 717 g/mol. The third kappa shape index (κ3) is 6.52. The second-order valence-corrected chi connectivity index (χ2v) is 12.0. The van der Waals surface area contributed by atoms with E-state index < -0.39 is 35.7 Å². The Morgan fingerprint density at radius 1 is 1.18 bits per heavy atom. The molecule has 0 saturated heterocycles. The van der Waals surface area contributed by atoms with Gasteiger partial charge in [0.25, 0.3) is 5.91 Å². The third-order valence-corrected chi connectivity index (χ3v) is 8.84. The Kier molecular flexibility index (Phi) is 10.0. The summed E-state index contributed by atoms with van der Waals surface area (Å²) in [6.07, 6.45) is 2.78. The smallest absolute Gasteiger partial charge is 0.349 e. The minimum absolute atomic E-state index is 0.0111. The minimum atomic E-state index is -1.31. The van der Waals surface area contributed by atoms with Gasteiger partial charge >= 0.3 is 5.63 Å². The molecule has 2 amide bonds. The molecule has 0 unspecified atom stereocenters. The van der Waals surface area contributed by atoms with Gasteiger partial charge in [-0.1, -0.05) is 31.0 Å². The highest BCUT2D eigenvalue weighted by atomic mass is 127. The van der Waals surface area contributed by atoms with Gasteiger partial charge in [0.1, 0.15) is 29.6 Å². The summed E-state index contributed by atoms with van der Waals surface area (Å²) in [5.74, 6) is -0.570. The van der Waals surface area contributed by atoms with Crippen molar-refractivity contribution in [1.82, 2.24) is 10.2 Å². The molecule has 3 N–H and O–H groups in total. The standard InChI is InChI=1S/C32H33IN2O9/c1-42-27-13-18(17-37)12-23(33)29(27)43-26-16-20(30(39)34-10-11-36)15-24(28(26)38)35(21-7-3-4-8-21)31(40)22-14-19-6-2-5-9-25(19)44-32(22)41/h2,5-6,9,12-14,16-17,21,24,26,28,36,38H,3-4,7-8,10-11,15H2,1H3,(H,34,39)/t24-,26+,28+/m1/s1. The summed E-state index contributed by atoms with van der Waals surface area (Å²) in [6.45, 7) is -0.259. The van der Waals surface area contributed by atoms with Crippen LogP contribution in [0.3, 0.4) is 0 Å². The molecule has 12 heteroatoms. The van der Waals surface area contributed by atoms with E-state index in [0.717, 1.165) is 12.8 Å². The van der Waals surface area contributed by atoms with Crippen molar-refractivity contribution >= 4 is 51.7 Å². The normalized spacial score (nSPS) is 20.2. The van der Waals surface area contributed by atoms with Crippen LogP contribution in [0.2, 0.25) is 0 Å². The van der Waals surface area contributed by atoms with Crippen molar-refractivity contribution in [2.24, 2.45) is 0 Å². The molecule has 2 aliphatic carbocycles. The van der Waals surface area contributed by atoms with Crippen LogP contribution in [0, 0.1) is 3.57 Å². The van der Waals surface area contributed by atoms with Gasteiger partial charge in [0.15, 0.2) is 11.5 Å². The van der Waals surface area contributed by atoms with Crippen molar-refractivity contribution in [3.05, 3.63) is 79.2 Å². The first-order valence-corrected chi connectivity index (χ1v) is 15.5. The lowest BCUT2D eigenvalue weighted by Gasteiger charge is -2.43. The summed E-state index contributed by atoms with van der Waals surface area (Å²) in [4.78, 5) is 53.5. The number of benzene rings is 2. The largest absolute Gasteiger partial charge is 0.493 e. The first-order chi connectivity index (χ1) is 21.2. The van der Waals surface area contributed by atoms with E-state index in [1.54, 1.807) is 30.3 Å². The molecule has 3 atom stereocenters. The number of methoxy groups -OCH3 is 1. The number of rotatable bonds is 10. The summed E-state index contributed by atoms with van der Waals surface area (Å²) in [7, 11) is 1.42. The number of hydrogen-bond donors (Lipinski definition) is 3. The van der Waals surface area contributed by atoms with Crippen molar-refractivity contribution in [3.8, 4) is 11.5 Å². The number of aldehydes is 1. The van der Waals surface area contributed by atoms with Gasteiger partial charge in [-0.15, -0.1) is 0 Å². The number of nitrogens with zero attached hydrogens (tertiary/aromatic N) is 1. The average Bonchev–Trinajstić information content (AvgIpc) is 3.56. The second-order valence-electron chi connectivity index (χ2n) is 10.8. The molecule has 2 aromatic carbocycles. The molecule has 1 heterocycles. The number of halogens is 1. The highest BCUT2D eigenvalue weighted by molar-refractivity contribution is 14.1. The number of hydrogen-bond acceptors (Lipinski definition) is 9. The number of amides is 2. The van der Waals surface area contributed by atoms with E-state index in [1.807, 2.05) is 22.6 Å². The van der Waals surface area contributed by atoms with Gasteiger partial charge in [-0.2, -0.15) is 0 Å². The van der Waals surface area contributed by atoms with Crippen LogP contribution in [-0.2, 0) is 4.79 Å². The van der Waals surface area contributed by atoms with Crippen LogP contribution in [0.25, 0.3) is 11.0 Å². The summed E-state index contributed by atoms with van der Waals surface area (Å²) in [5.41, 5.74) is 0.0104. The van der Waals surface area contributed by atoms with E-state index in [9.17, 15) is 29.4 Å². The number of para-hydroxylation sites is 1. The van der Waals surface area contributed by atoms with Gasteiger partial charge in [0.2, 0.25) is 5.91 Å². The van der Waals surface area contributed by atoms with Crippen LogP contribution in [-0.4, -0.2) is 77.8 Å². The van der Waals surface area contributed by atoms with E-state index in [4.69, 9.17) is 13.9 Å². The van der Waals surface area contributed by atoms with Gasteiger partial charge in [-0.25, -0.2) is 4.79 Å². The molecule has 2 aliphatic rings. The quantitative estimate of drug-likeness (QED) is 0.163. The van der Waals surface area contributed by atoms with Gasteiger partial charge in [0.05, 0.1) is 23.3 Å². The third-order valence-electron chi connectivity index (χ3n) is 8.04. The number of aliphatic hydroxyl groups is 2. The van der Waals surface area contributed by atoms with Crippen LogP contribution >= 0.6 is 22.6 Å². The Hall–Kier alpha value is -3.75. The lowest BCUT2D eigenvalue weighted by molar-refractivity contribution is -0.118. The fraction of sp³-hybridized carbons (Fsp3) is 0.375. The molecule has 232 valence electrons. The van der Waals surface area contributed by atoms with Crippen LogP contribution in [0.15, 0.2) is 63.3 Å². The maximum Gasteiger partial charge on any atom is 0.349 e. The van der Waals surface area contributed by atoms with Crippen molar-refractivity contribution in [3.63, 3.8) is 0 Å². The predicted molar refractivity (Wildman–Crippen MR) is 169 cm³/mol. The zero-order chi connectivity index (χ0) is 31.4. The Balaban J connectivity index is 1.57. The molecular weight excluding hydrogens is 683 g/mol. The molecule has 1 fully saturated rings. The molecule has 11 nitrogen and oxygen atoms in total. The van der Waals surface area contributed by atoms with Crippen molar-refractivity contribution in [2.75, 3.05) is 20.3 Å². The first kappa shape index (κ1) is 31.7. The van der Waals surface area contributed by atoms with E-state index in [0.29, 0.717) is 39.2 Å². The Labute approximate surface area is 267 Å². The van der Waals surface area contributed by atoms with E-state index >= 15 is 0 Å². The fourth-order valence-electron chi connectivity index (χ4n) is 5.93. The summed E-state index contributed by atoms with van der Waals surface area (Å²) >= 11 is 1.99. The second kappa shape index (κ2) is 13.9. The van der Waals surface area contributed by atoms with Gasteiger partial charge in [0, 0.05) is 35.5 Å². The zero-order valence-electron chi connectivity index (χ0n) is 24.0.